The first-order chi connectivity index (χ1) is 12.4. The van der Waals surface area contributed by atoms with Crippen LogP contribution in [-0.4, -0.2) is 57.1 Å². The molecule has 26 heavy (non-hydrogen) atoms. The number of aldehydes is 1. The zero-order chi connectivity index (χ0) is 18.7. The molecule has 0 atom stereocenters. The summed E-state index contributed by atoms with van der Waals surface area (Å²) in [5.74, 6) is 1.01. The fourth-order valence-corrected chi connectivity index (χ4v) is 4.43. The number of piperazine rings is 1. The van der Waals surface area contributed by atoms with Gasteiger partial charge in [0.2, 0.25) is 10.0 Å². The van der Waals surface area contributed by atoms with E-state index in [1.54, 1.807) is 42.5 Å². The molecule has 8 heteroatoms. The second kappa shape index (κ2) is 7.87. The van der Waals surface area contributed by atoms with Crippen LogP contribution < -0.4 is 4.74 Å². The zero-order valence-electron chi connectivity index (χ0n) is 14.3. The Labute approximate surface area is 161 Å². The largest absolute Gasteiger partial charge is 0.457 e. The third kappa shape index (κ3) is 4.15. The molecule has 2 aromatic carbocycles. The maximum Gasteiger partial charge on any atom is 0.243 e. The summed E-state index contributed by atoms with van der Waals surface area (Å²) in [4.78, 5) is 13.4. The molecule has 0 bridgehead atoms. The SMILES string of the molecule is CN1CCN(S(=O)(=O)c2ccc(Oc3ccc(Br)c(C=O)c3)cc2)CC1. The van der Waals surface area contributed by atoms with Crippen LogP contribution in [0.1, 0.15) is 10.4 Å². The Morgan fingerprint density at radius 3 is 2.23 bits per heavy atom. The minimum absolute atomic E-state index is 0.249. The lowest BCUT2D eigenvalue weighted by Crippen LogP contribution is -2.46. The molecule has 0 radical (unpaired) electrons. The van der Waals surface area contributed by atoms with Gasteiger partial charge in [-0.3, -0.25) is 4.79 Å². The van der Waals surface area contributed by atoms with Gasteiger partial charge < -0.3 is 9.64 Å². The van der Waals surface area contributed by atoms with E-state index in [-0.39, 0.29) is 4.90 Å². The number of nitrogens with zero attached hydrogens (tertiary/aromatic N) is 2. The molecule has 0 unspecified atom stereocenters. The maximum absolute atomic E-state index is 12.7. The highest BCUT2D eigenvalue weighted by Gasteiger charge is 2.27. The van der Waals surface area contributed by atoms with E-state index in [0.29, 0.717) is 34.6 Å². The predicted molar refractivity (Wildman–Crippen MR) is 102 cm³/mol. The van der Waals surface area contributed by atoms with Crippen molar-refractivity contribution in [3.05, 3.63) is 52.5 Å². The standard InChI is InChI=1S/C18H19BrN2O4S/c1-20-8-10-21(11-9-20)26(23,24)17-5-2-15(3-6-17)25-16-4-7-18(19)14(12-16)13-22/h2-7,12-13H,8-11H2,1H3. The molecular weight excluding hydrogens is 420 g/mol. The molecule has 1 heterocycles. The van der Waals surface area contributed by atoms with Gasteiger partial charge >= 0.3 is 0 Å². The topological polar surface area (TPSA) is 66.9 Å². The summed E-state index contributed by atoms with van der Waals surface area (Å²) in [6.07, 6.45) is 0.739. The number of likely N-dealkylation sites (N-methyl/N-ethyl adjacent to an activating group) is 1. The number of carbonyl (C=O) groups excluding carboxylic acids is 1. The molecule has 1 aliphatic heterocycles. The van der Waals surface area contributed by atoms with Crippen molar-refractivity contribution in [1.82, 2.24) is 9.21 Å². The van der Waals surface area contributed by atoms with Gasteiger partial charge in [-0.15, -0.1) is 0 Å². The van der Waals surface area contributed by atoms with Gasteiger partial charge in [0.15, 0.2) is 6.29 Å². The van der Waals surface area contributed by atoms with E-state index >= 15 is 0 Å². The van der Waals surface area contributed by atoms with Crippen molar-refractivity contribution in [3.8, 4) is 11.5 Å². The van der Waals surface area contributed by atoms with E-state index in [2.05, 4.69) is 20.8 Å². The number of halogens is 1. The number of hydrogen-bond acceptors (Lipinski definition) is 5. The molecule has 0 aromatic heterocycles. The minimum atomic E-state index is -3.49. The van der Waals surface area contributed by atoms with Crippen LogP contribution in [0.25, 0.3) is 0 Å². The van der Waals surface area contributed by atoms with Gasteiger partial charge in [-0.25, -0.2) is 8.42 Å². The molecule has 1 fully saturated rings. The van der Waals surface area contributed by atoms with Crippen LogP contribution >= 0.6 is 15.9 Å². The van der Waals surface area contributed by atoms with Crippen LogP contribution in [0.2, 0.25) is 0 Å². The summed E-state index contributed by atoms with van der Waals surface area (Å²) in [6, 6.07) is 11.4. The summed E-state index contributed by atoms with van der Waals surface area (Å²) in [6.45, 7) is 2.43. The maximum atomic E-state index is 12.7. The van der Waals surface area contributed by atoms with Gasteiger partial charge in [-0.1, -0.05) is 15.9 Å². The molecule has 2 aromatic rings. The Morgan fingerprint density at radius 2 is 1.62 bits per heavy atom. The third-order valence-corrected chi connectivity index (χ3v) is 6.89. The van der Waals surface area contributed by atoms with Gasteiger partial charge in [-0.2, -0.15) is 4.31 Å². The van der Waals surface area contributed by atoms with Gasteiger partial charge in [0.1, 0.15) is 11.5 Å². The summed E-state index contributed by atoms with van der Waals surface area (Å²) in [5, 5.41) is 0. The van der Waals surface area contributed by atoms with Crippen LogP contribution in [0.4, 0.5) is 0 Å². The fraction of sp³-hybridized carbons (Fsp3) is 0.278. The van der Waals surface area contributed by atoms with Crippen molar-refractivity contribution < 1.29 is 17.9 Å². The van der Waals surface area contributed by atoms with Gasteiger partial charge in [0.25, 0.3) is 0 Å². The Balaban J connectivity index is 1.75. The highest BCUT2D eigenvalue weighted by molar-refractivity contribution is 9.10. The first-order valence-electron chi connectivity index (χ1n) is 8.11. The lowest BCUT2D eigenvalue weighted by Gasteiger charge is -2.31. The molecule has 0 N–H and O–H groups in total. The molecule has 138 valence electrons. The lowest BCUT2D eigenvalue weighted by atomic mass is 10.2. The highest BCUT2D eigenvalue weighted by atomic mass is 79.9. The summed E-state index contributed by atoms with van der Waals surface area (Å²) in [7, 11) is -1.51. The second-order valence-corrected chi connectivity index (χ2v) is 8.87. The van der Waals surface area contributed by atoms with Crippen molar-refractivity contribution in [2.45, 2.75) is 4.90 Å². The quantitative estimate of drug-likeness (QED) is 0.671. The van der Waals surface area contributed by atoms with Crippen LogP contribution in [0.3, 0.4) is 0 Å². The minimum Gasteiger partial charge on any atom is -0.457 e. The predicted octanol–water partition coefficient (Wildman–Crippen LogP) is 2.99. The van der Waals surface area contributed by atoms with Crippen molar-refractivity contribution in [2.24, 2.45) is 0 Å². The molecule has 0 amide bonds. The number of sulfonamides is 1. The zero-order valence-corrected chi connectivity index (χ0v) is 16.7. The fourth-order valence-electron chi connectivity index (χ4n) is 2.67. The molecule has 1 saturated heterocycles. The van der Waals surface area contributed by atoms with Crippen molar-refractivity contribution in [3.63, 3.8) is 0 Å². The van der Waals surface area contributed by atoms with Crippen LogP contribution in [0.15, 0.2) is 51.8 Å². The number of hydrogen-bond donors (Lipinski definition) is 0. The second-order valence-electron chi connectivity index (χ2n) is 6.08. The molecule has 0 spiro atoms. The number of carbonyl (C=O) groups is 1. The lowest BCUT2D eigenvalue weighted by molar-refractivity contribution is 0.112. The Bertz CT molecular complexity index is 892. The summed E-state index contributed by atoms with van der Waals surface area (Å²) >= 11 is 3.29. The molecule has 1 aliphatic rings. The van der Waals surface area contributed by atoms with Gasteiger partial charge in [0.05, 0.1) is 4.90 Å². The monoisotopic (exact) mass is 438 g/mol. The summed E-state index contributed by atoms with van der Waals surface area (Å²) in [5.41, 5.74) is 0.483. The number of rotatable bonds is 5. The number of benzene rings is 2. The first-order valence-corrected chi connectivity index (χ1v) is 10.3. The summed E-state index contributed by atoms with van der Waals surface area (Å²) < 4.78 is 33.3. The molecule has 0 saturated carbocycles. The van der Waals surface area contributed by atoms with Crippen LogP contribution in [-0.2, 0) is 10.0 Å². The Morgan fingerprint density at radius 1 is 1.00 bits per heavy atom. The Kier molecular flexibility index (Phi) is 5.76. The molecule has 6 nitrogen and oxygen atoms in total. The van der Waals surface area contributed by atoms with Crippen molar-refractivity contribution >= 4 is 32.2 Å². The van der Waals surface area contributed by atoms with E-state index in [4.69, 9.17) is 4.74 Å². The van der Waals surface area contributed by atoms with Gasteiger partial charge in [-0.05, 0) is 49.5 Å². The van der Waals surface area contributed by atoms with E-state index in [0.717, 1.165) is 19.4 Å². The molecular formula is C18H19BrN2O4S. The van der Waals surface area contributed by atoms with E-state index < -0.39 is 10.0 Å². The number of ether oxygens (including phenoxy) is 1. The average molecular weight is 439 g/mol. The third-order valence-electron chi connectivity index (χ3n) is 4.25. The van der Waals surface area contributed by atoms with Crippen LogP contribution in [0.5, 0.6) is 11.5 Å². The Hall–Kier alpha value is -1.74. The van der Waals surface area contributed by atoms with E-state index in [1.165, 1.54) is 4.31 Å². The smallest absolute Gasteiger partial charge is 0.243 e. The van der Waals surface area contributed by atoms with E-state index in [9.17, 15) is 13.2 Å². The van der Waals surface area contributed by atoms with Crippen molar-refractivity contribution in [2.75, 3.05) is 33.2 Å². The normalized spacial score (nSPS) is 16.4. The highest BCUT2D eigenvalue weighted by Crippen LogP contribution is 2.27. The molecule has 3 rings (SSSR count). The molecule has 0 aliphatic carbocycles. The van der Waals surface area contributed by atoms with E-state index in [1.807, 2.05) is 7.05 Å². The van der Waals surface area contributed by atoms with Gasteiger partial charge in [0, 0.05) is 36.2 Å². The first kappa shape index (κ1) is 19.0. The van der Waals surface area contributed by atoms with Crippen LogP contribution in [0, 0.1) is 0 Å². The van der Waals surface area contributed by atoms with Crippen molar-refractivity contribution in [1.29, 1.82) is 0 Å². The average Bonchev–Trinajstić information content (AvgIpc) is 2.64.